The first kappa shape index (κ1) is 14.5. The van der Waals surface area contributed by atoms with Crippen LogP contribution in [0.2, 0.25) is 0 Å². The first-order valence-corrected chi connectivity index (χ1v) is 5.51. The van der Waals surface area contributed by atoms with Crippen LogP contribution in [0.5, 0.6) is 0 Å². The van der Waals surface area contributed by atoms with Gasteiger partial charge >= 0.3 is 9.10 Å². The third-order valence-electron chi connectivity index (χ3n) is 1.55. The van der Waals surface area contributed by atoms with Gasteiger partial charge in [-0.25, -0.2) is 0 Å². The zero-order valence-corrected chi connectivity index (χ0v) is 10.3. The van der Waals surface area contributed by atoms with Crippen LogP contribution in [0.3, 0.4) is 0 Å². The molecular formula is C9H14N2O4Si. The largest absolute Gasteiger partial charge is 0.388 e. The second-order valence-electron chi connectivity index (χ2n) is 3.02. The molecule has 7 heteroatoms. The van der Waals surface area contributed by atoms with Gasteiger partial charge in [-0.1, -0.05) is 22.6 Å². The van der Waals surface area contributed by atoms with Crippen molar-refractivity contribution in [2.24, 2.45) is 15.5 Å². The molecule has 0 rings (SSSR count). The van der Waals surface area contributed by atoms with Gasteiger partial charge in [0.15, 0.2) is 24.8 Å². The van der Waals surface area contributed by atoms with Crippen molar-refractivity contribution in [3.05, 3.63) is 12.7 Å². The van der Waals surface area contributed by atoms with Crippen LogP contribution in [-0.2, 0) is 19.3 Å². The average molecular weight is 242 g/mol. The Morgan fingerprint density at radius 3 is 2.44 bits per heavy atom. The van der Waals surface area contributed by atoms with Gasteiger partial charge in [0.05, 0.1) is 0 Å². The molecule has 0 aromatic heterocycles. The minimum Gasteiger partial charge on any atom is -0.388 e. The normalized spacial score (nSPS) is 10.6. The lowest BCUT2D eigenvalue weighted by Gasteiger charge is -2.01. The van der Waals surface area contributed by atoms with E-state index in [1.807, 2.05) is 0 Å². The predicted molar refractivity (Wildman–Crippen MR) is 57.6 cm³/mol. The average Bonchev–Trinajstić information content (AvgIpc) is 2.25. The summed E-state index contributed by atoms with van der Waals surface area (Å²) in [5.74, 6) is -0.470. The molecule has 1 atom stereocenters. The number of carbonyl (C=O) groups excluding carboxylic acids is 2. The summed E-state index contributed by atoms with van der Waals surface area (Å²) in [4.78, 5) is 37.9. The molecule has 1 unspecified atom stereocenters. The molecule has 0 fully saturated rings. The molecule has 0 bridgehead atoms. The smallest absolute Gasteiger partial charge is 0.321 e. The van der Waals surface area contributed by atoms with E-state index in [1.54, 1.807) is 6.92 Å². The van der Waals surface area contributed by atoms with Crippen molar-refractivity contribution >= 4 is 20.7 Å². The molecule has 0 aromatic rings. The zero-order valence-electron chi connectivity index (χ0n) is 9.30. The van der Waals surface area contributed by atoms with Crippen LogP contribution in [0.1, 0.15) is 13.8 Å². The van der Waals surface area contributed by atoms with Gasteiger partial charge in [0.25, 0.3) is 0 Å². The Morgan fingerprint density at radius 1 is 1.38 bits per heavy atom. The lowest BCUT2D eigenvalue weighted by molar-refractivity contribution is -0.125. The maximum absolute atomic E-state index is 11.2. The number of hydrogen-bond donors (Lipinski definition) is 0. The van der Waals surface area contributed by atoms with E-state index in [9.17, 15) is 9.59 Å². The van der Waals surface area contributed by atoms with Crippen molar-refractivity contribution in [1.29, 1.82) is 0 Å². The highest BCUT2D eigenvalue weighted by Crippen LogP contribution is 1.97. The summed E-state index contributed by atoms with van der Waals surface area (Å²) in [7, 11) is -0.299. The van der Waals surface area contributed by atoms with E-state index in [0.29, 0.717) is 0 Å². The molecule has 16 heavy (non-hydrogen) atoms. The van der Waals surface area contributed by atoms with Crippen molar-refractivity contribution in [1.82, 2.24) is 0 Å². The Hall–Kier alpha value is -1.50. The van der Waals surface area contributed by atoms with Gasteiger partial charge in [-0.2, -0.15) is 0 Å². The van der Waals surface area contributed by atoms with E-state index >= 15 is 0 Å². The van der Waals surface area contributed by atoms with E-state index < -0.39 is 0 Å². The predicted octanol–water partition coefficient (Wildman–Crippen LogP) is 0.901. The molecule has 6 nitrogen and oxygen atoms in total. The van der Waals surface area contributed by atoms with E-state index in [4.69, 9.17) is 4.84 Å². The van der Waals surface area contributed by atoms with Crippen LogP contribution in [0, 0.1) is 5.92 Å². The third kappa shape index (κ3) is 7.86. The van der Waals surface area contributed by atoms with Gasteiger partial charge < -0.3 is 9.68 Å². The molecule has 88 valence electrons. The molecule has 0 saturated carbocycles. The molecule has 0 aliphatic heterocycles. The fourth-order valence-corrected chi connectivity index (χ4v) is 0.834. The van der Waals surface area contributed by atoms with Gasteiger partial charge in [0, 0.05) is 5.92 Å². The first-order valence-electron chi connectivity index (χ1n) is 4.61. The van der Waals surface area contributed by atoms with Crippen molar-refractivity contribution in [2.45, 2.75) is 13.8 Å². The SMILES string of the molecule is C=CC(C)C(=O)CON=[Si]=NOCC(C)=O. The van der Waals surface area contributed by atoms with E-state index in [-0.39, 0.29) is 39.8 Å². The maximum atomic E-state index is 11.2. The number of allylic oxidation sites excluding steroid dienone is 1. The van der Waals surface area contributed by atoms with Crippen LogP contribution >= 0.6 is 0 Å². The lowest BCUT2D eigenvalue weighted by Crippen LogP contribution is -2.13. The van der Waals surface area contributed by atoms with Gasteiger partial charge in [-0.05, 0) is 6.92 Å². The molecule has 0 spiro atoms. The summed E-state index contributed by atoms with van der Waals surface area (Å²) in [6.07, 6.45) is 1.54. The minimum absolute atomic E-state index is 0.0745. The molecule has 0 amide bonds. The Morgan fingerprint density at radius 2 is 1.94 bits per heavy atom. The van der Waals surface area contributed by atoms with Gasteiger partial charge in [0.2, 0.25) is 0 Å². The van der Waals surface area contributed by atoms with Gasteiger partial charge in [-0.15, -0.1) is 6.58 Å². The van der Waals surface area contributed by atoms with Crippen molar-refractivity contribution < 1.29 is 19.3 Å². The molecule has 0 aliphatic rings. The highest BCUT2D eigenvalue weighted by atomic mass is 28.2. The quantitative estimate of drug-likeness (QED) is 0.360. The number of nitrogens with zero attached hydrogens (tertiary/aromatic N) is 2. The Bertz CT molecular complexity index is 323. The molecule has 0 saturated heterocycles. The topological polar surface area (TPSA) is 77.3 Å². The van der Waals surface area contributed by atoms with Gasteiger partial charge in [-0.3, -0.25) is 9.59 Å². The molecule has 0 N–H and O–H groups in total. The van der Waals surface area contributed by atoms with E-state index in [0.717, 1.165) is 0 Å². The summed E-state index contributed by atoms with van der Waals surface area (Å²) in [5, 5.41) is 0. The number of hydrogen-bond acceptors (Lipinski definition) is 6. The Balaban J connectivity index is 3.72. The lowest BCUT2D eigenvalue weighted by atomic mass is 10.1. The van der Waals surface area contributed by atoms with Crippen molar-refractivity contribution in [2.75, 3.05) is 13.2 Å². The first-order chi connectivity index (χ1) is 7.57. The fourth-order valence-electron chi connectivity index (χ4n) is 0.556. The minimum atomic E-state index is -0.299. The van der Waals surface area contributed by atoms with Crippen LogP contribution < -0.4 is 0 Å². The standard InChI is InChI=1S/C9H14N2O4Si/c1-4-7(2)9(13)6-15-11-16-10-14-5-8(3)12/h4,7H,1,5-6H2,2-3H3. The van der Waals surface area contributed by atoms with Gasteiger partial charge in [0.1, 0.15) is 0 Å². The molecule has 0 aromatic carbocycles. The second-order valence-corrected chi connectivity index (χ2v) is 3.59. The summed E-state index contributed by atoms with van der Waals surface area (Å²) in [6.45, 7) is 6.42. The number of rotatable bonds is 8. The summed E-state index contributed by atoms with van der Waals surface area (Å²) in [6, 6.07) is 0. The van der Waals surface area contributed by atoms with Crippen LogP contribution in [0.4, 0.5) is 0 Å². The summed E-state index contributed by atoms with van der Waals surface area (Å²) < 4.78 is 0. The monoisotopic (exact) mass is 242 g/mol. The van der Waals surface area contributed by atoms with Crippen LogP contribution in [0.25, 0.3) is 0 Å². The molecule has 0 heterocycles. The van der Waals surface area contributed by atoms with Crippen molar-refractivity contribution in [3.8, 4) is 0 Å². The van der Waals surface area contributed by atoms with Crippen LogP contribution in [0.15, 0.2) is 22.2 Å². The summed E-state index contributed by atoms with van der Waals surface area (Å²) in [5.41, 5.74) is 0. The van der Waals surface area contributed by atoms with E-state index in [1.165, 1.54) is 13.0 Å². The molecule has 0 aliphatic carbocycles. The Labute approximate surface area is 95.8 Å². The maximum Gasteiger partial charge on any atom is 0.321 e. The zero-order chi connectivity index (χ0) is 12.4. The third-order valence-corrected chi connectivity index (χ3v) is 1.97. The number of ketones is 2. The fraction of sp³-hybridized carbons (Fsp3) is 0.556. The summed E-state index contributed by atoms with van der Waals surface area (Å²) >= 11 is 0. The Kier molecular flexibility index (Phi) is 7.95. The van der Waals surface area contributed by atoms with E-state index in [2.05, 4.69) is 21.0 Å². The second kappa shape index (κ2) is 8.78. The van der Waals surface area contributed by atoms with Crippen LogP contribution in [-0.4, -0.2) is 33.9 Å². The molecular weight excluding hydrogens is 228 g/mol. The van der Waals surface area contributed by atoms with Crippen molar-refractivity contribution in [3.63, 3.8) is 0 Å². The highest BCUT2D eigenvalue weighted by molar-refractivity contribution is 6.05. The molecule has 0 radical (unpaired) electrons. The number of carbonyl (C=O) groups is 2. The number of Topliss-reactive ketones (excluding diaryl/α,β-unsaturated/α-hetero) is 2. The highest BCUT2D eigenvalue weighted by Gasteiger charge is 2.08.